The molecule has 2 aliphatic rings. The number of amides is 2. The van der Waals surface area contributed by atoms with Crippen LogP contribution in [0.4, 0.5) is 5.69 Å². The number of aryl methyl sites for hydroxylation is 1. The summed E-state index contributed by atoms with van der Waals surface area (Å²) in [6.07, 6.45) is 0.675. The van der Waals surface area contributed by atoms with E-state index in [1.165, 1.54) is 0 Å². The minimum atomic E-state index is -0.120. The maximum atomic E-state index is 13.9. The first-order valence-electron chi connectivity index (χ1n) is 12.7. The summed E-state index contributed by atoms with van der Waals surface area (Å²) in [5.41, 5.74) is 5.00. The van der Waals surface area contributed by atoms with Gasteiger partial charge in [0.25, 0.3) is 5.91 Å². The third-order valence-corrected chi connectivity index (χ3v) is 7.65. The molecule has 1 aromatic heterocycles. The van der Waals surface area contributed by atoms with Gasteiger partial charge in [0.15, 0.2) is 0 Å². The van der Waals surface area contributed by atoms with E-state index in [9.17, 15) is 14.7 Å². The number of aliphatic hydroxyl groups is 1. The van der Waals surface area contributed by atoms with Crippen LogP contribution in [0.1, 0.15) is 27.2 Å². The number of fused-ring (bicyclic) bond motifs is 2. The van der Waals surface area contributed by atoms with Crippen LogP contribution in [0.15, 0.2) is 42.5 Å². The number of aliphatic hydroxyl groups excluding tert-OH is 1. The van der Waals surface area contributed by atoms with E-state index < -0.39 is 0 Å². The molecule has 0 radical (unpaired) electrons. The van der Waals surface area contributed by atoms with Crippen LogP contribution in [0.3, 0.4) is 0 Å². The summed E-state index contributed by atoms with van der Waals surface area (Å²) in [6, 6.07) is 13.3. The number of carbonyl (C=O) groups is 2. The molecule has 0 unspecified atom stereocenters. The smallest absolute Gasteiger partial charge is 0.255 e. The highest BCUT2D eigenvalue weighted by atomic mass is 35.5. The number of aromatic nitrogens is 1. The van der Waals surface area contributed by atoms with Crippen LogP contribution in [0.5, 0.6) is 0 Å². The van der Waals surface area contributed by atoms with Crippen molar-refractivity contribution in [3.8, 4) is 0 Å². The minimum absolute atomic E-state index is 0.0131. The second kappa shape index (κ2) is 11.1. The Morgan fingerprint density at radius 1 is 1.05 bits per heavy atom. The molecule has 0 bridgehead atoms. The van der Waals surface area contributed by atoms with Gasteiger partial charge in [0, 0.05) is 79.6 Å². The molecule has 2 aliphatic heterocycles. The van der Waals surface area contributed by atoms with Crippen LogP contribution in [0.25, 0.3) is 10.9 Å². The number of pyridine rings is 1. The van der Waals surface area contributed by atoms with Gasteiger partial charge in [0.05, 0.1) is 24.2 Å². The van der Waals surface area contributed by atoms with Crippen molar-refractivity contribution in [2.45, 2.75) is 19.9 Å². The predicted octanol–water partition coefficient (Wildman–Crippen LogP) is 2.94. The summed E-state index contributed by atoms with van der Waals surface area (Å²) in [4.78, 5) is 37.8. The molecule has 1 fully saturated rings. The highest BCUT2D eigenvalue weighted by molar-refractivity contribution is 6.31. The molecule has 8 nitrogen and oxygen atoms in total. The van der Waals surface area contributed by atoms with Gasteiger partial charge in [0.1, 0.15) is 0 Å². The number of nitrogens with zero attached hydrogens (tertiary/aromatic N) is 4. The van der Waals surface area contributed by atoms with Crippen molar-refractivity contribution in [2.24, 2.45) is 0 Å². The molecule has 3 aromatic rings. The van der Waals surface area contributed by atoms with Gasteiger partial charge in [-0.3, -0.25) is 24.4 Å². The average Bonchev–Trinajstić information content (AvgIpc) is 2.90. The molecular formula is C28H32ClN5O3. The molecule has 0 saturated carbocycles. The summed E-state index contributed by atoms with van der Waals surface area (Å²) < 4.78 is 0. The lowest BCUT2D eigenvalue weighted by atomic mass is 9.94. The Labute approximate surface area is 221 Å². The summed E-state index contributed by atoms with van der Waals surface area (Å²) in [7, 11) is 0. The first kappa shape index (κ1) is 25.6. The van der Waals surface area contributed by atoms with Crippen LogP contribution in [-0.4, -0.2) is 89.0 Å². The highest BCUT2D eigenvalue weighted by Gasteiger charge is 2.30. The number of halogens is 1. The lowest BCUT2D eigenvalue weighted by Gasteiger charge is -2.36. The van der Waals surface area contributed by atoms with Crippen LogP contribution in [0.2, 0.25) is 5.02 Å². The zero-order valence-corrected chi connectivity index (χ0v) is 21.8. The van der Waals surface area contributed by atoms with Gasteiger partial charge in [-0.15, -0.1) is 0 Å². The molecule has 3 heterocycles. The normalized spacial score (nSPS) is 16.6. The van der Waals surface area contributed by atoms with Crippen molar-refractivity contribution >= 4 is 40.0 Å². The predicted molar refractivity (Wildman–Crippen MR) is 145 cm³/mol. The monoisotopic (exact) mass is 521 g/mol. The molecule has 2 aromatic carbocycles. The van der Waals surface area contributed by atoms with Gasteiger partial charge >= 0.3 is 0 Å². The molecule has 9 heteroatoms. The number of hydrogen-bond donors (Lipinski definition) is 2. The molecule has 2 amide bonds. The van der Waals surface area contributed by atoms with Crippen molar-refractivity contribution < 1.29 is 14.7 Å². The van der Waals surface area contributed by atoms with Crippen molar-refractivity contribution in [3.05, 3.63) is 69.9 Å². The highest BCUT2D eigenvalue weighted by Crippen LogP contribution is 2.30. The molecule has 0 atom stereocenters. The first-order valence-corrected chi connectivity index (χ1v) is 13.1. The van der Waals surface area contributed by atoms with Gasteiger partial charge in [-0.25, -0.2) is 0 Å². The number of nitrogens with one attached hydrogen (secondary N) is 1. The standard InChI is InChI=1S/C28H32ClN5O3/c1-19-6-7-20(16-23(19)29)30-26(36)18-33-9-8-25-22(17-33)27(21-4-2-3-5-24(21)31-25)28(37)34-12-10-32(11-13-34)14-15-35/h2-7,16,35H,8-15,17-18H2,1H3,(H,30,36). The van der Waals surface area contributed by atoms with Gasteiger partial charge < -0.3 is 15.3 Å². The third-order valence-electron chi connectivity index (χ3n) is 7.24. The number of piperazine rings is 1. The summed E-state index contributed by atoms with van der Waals surface area (Å²) in [6.45, 7) is 6.79. The number of anilines is 1. The quantitative estimate of drug-likeness (QED) is 0.518. The van der Waals surface area contributed by atoms with Crippen molar-refractivity contribution in [3.63, 3.8) is 0 Å². The topological polar surface area (TPSA) is 89.0 Å². The molecular weight excluding hydrogens is 490 g/mol. The van der Waals surface area contributed by atoms with Gasteiger partial charge in [-0.05, 0) is 30.7 Å². The first-order chi connectivity index (χ1) is 17.9. The molecule has 194 valence electrons. The van der Waals surface area contributed by atoms with Gasteiger partial charge in [0.2, 0.25) is 5.91 Å². The number of para-hydroxylation sites is 1. The molecule has 2 N–H and O–H groups in total. The van der Waals surface area contributed by atoms with Crippen molar-refractivity contribution in [2.75, 3.05) is 57.7 Å². The molecule has 0 spiro atoms. The van der Waals surface area contributed by atoms with Crippen molar-refractivity contribution in [1.82, 2.24) is 19.7 Å². The van der Waals surface area contributed by atoms with Crippen LogP contribution < -0.4 is 5.32 Å². The zero-order chi connectivity index (χ0) is 25.9. The Kier molecular flexibility index (Phi) is 7.71. The third kappa shape index (κ3) is 5.62. The number of benzene rings is 2. The summed E-state index contributed by atoms with van der Waals surface area (Å²) >= 11 is 6.21. The van der Waals surface area contributed by atoms with E-state index in [2.05, 4.69) is 15.1 Å². The second-order valence-corrected chi connectivity index (χ2v) is 10.2. The lowest BCUT2D eigenvalue weighted by Crippen LogP contribution is -2.49. The maximum absolute atomic E-state index is 13.9. The SMILES string of the molecule is Cc1ccc(NC(=O)CN2CCc3nc4ccccc4c(C(=O)N4CCN(CCO)CC4)c3C2)cc1Cl. The molecule has 5 rings (SSSR count). The van der Waals surface area contributed by atoms with E-state index in [0.717, 1.165) is 40.8 Å². The molecule has 1 saturated heterocycles. The largest absolute Gasteiger partial charge is 0.395 e. The second-order valence-electron chi connectivity index (χ2n) is 9.76. The Bertz CT molecular complexity index is 1320. The fraction of sp³-hybridized carbons (Fsp3) is 0.393. The molecule has 0 aliphatic carbocycles. The van der Waals surface area contributed by atoms with E-state index in [-0.39, 0.29) is 25.0 Å². The Morgan fingerprint density at radius 3 is 2.59 bits per heavy atom. The van der Waals surface area contributed by atoms with E-state index in [1.807, 2.05) is 48.2 Å². The van der Waals surface area contributed by atoms with E-state index in [4.69, 9.17) is 16.6 Å². The lowest BCUT2D eigenvalue weighted by molar-refractivity contribution is -0.117. The van der Waals surface area contributed by atoms with Crippen LogP contribution >= 0.6 is 11.6 Å². The minimum Gasteiger partial charge on any atom is -0.395 e. The van der Waals surface area contributed by atoms with Gasteiger partial charge in [-0.1, -0.05) is 35.9 Å². The van der Waals surface area contributed by atoms with Crippen LogP contribution in [-0.2, 0) is 17.8 Å². The maximum Gasteiger partial charge on any atom is 0.255 e. The Hall–Kier alpha value is -3.04. The number of carbonyl (C=O) groups excluding carboxylic acids is 2. The van der Waals surface area contributed by atoms with E-state index in [1.54, 1.807) is 6.07 Å². The number of β-amino-alcohol motifs (C(OH)–C–C–N with tert-alkyl or cyclic N) is 1. The van der Waals surface area contributed by atoms with E-state index >= 15 is 0 Å². The van der Waals surface area contributed by atoms with Crippen molar-refractivity contribution in [1.29, 1.82) is 0 Å². The number of hydrogen-bond acceptors (Lipinski definition) is 6. The number of rotatable bonds is 6. The summed E-state index contributed by atoms with van der Waals surface area (Å²) in [5.74, 6) is -0.107. The average molecular weight is 522 g/mol. The fourth-order valence-electron chi connectivity index (χ4n) is 5.17. The van der Waals surface area contributed by atoms with Crippen LogP contribution in [0, 0.1) is 6.92 Å². The molecule has 37 heavy (non-hydrogen) atoms. The Balaban J connectivity index is 1.37. The fourth-order valence-corrected chi connectivity index (χ4v) is 5.35. The van der Waals surface area contributed by atoms with Gasteiger partial charge in [-0.2, -0.15) is 0 Å². The summed E-state index contributed by atoms with van der Waals surface area (Å²) in [5, 5.41) is 13.6. The Morgan fingerprint density at radius 2 is 1.84 bits per heavy atom. The zero-order valence-electron chi connectivity index (χ0n) is 21.0. The van der Waals surface area contributed by atoms with E-state index in [0.29, 0.717) is 55.4 Å².